The molecule has 4 heterocycles. The highest BCUT2D eigenvalue weighted by Crippen LogP contribution is 2.46. The van der Waals surface area contributed by atoms with Gasteiger partial charge in [-0.2, -0.15) is 0 Å². The minimum atomic E-state index is -1.39. The van der Waals surface area contributed by atoms with Crippen molar-refractivity contribution in [3.8, 4) is 0 Å². The SMILES string of the molecule is Cc1nnc(SCSC2=C(C(=O)OC(c3ccccc3)c3ccccc3)N3C(=O)C(NC(=O)/C(=N\OC(c4ccccc4)(c4ccccc4)c4ccccc4)c4csc(NC(=O)OC(C)(C)C)n4)[C@H]3SC2)s1. The van der Waals surface area contributed by atoms with Gasteiger partial charge in [-0.3, -0.25) is 19.8 Å². The van der Waals surface area contributed by atoms with Crippen LogP contribution in [0.15, 0.2) is 177 Å². The zero-order valence-corrected chi connectivity index (χ0v) is 43.4. The van der Waals surface area contributed by atoms with Crippen LogP contribution in [0.25, 0.3) is 0 Å². The molecule has 2 N–H and O–H groups in total. The van der Waals surface area contributed by atoms with E-state index in [9.17, 15) is 19.2 Å². The minimum Gasteiger partial charge on any atom is -0.448 e. The van der Waals surface area contributed by atoms with Crippen molar-refractivity contribution in [3.63, 3.8) is 0 Å². The molecule has 0 bridgehead atoms. The number of carbonyl (C=O) groups excluding carboxylic acids is 4. The number of aryl methyl sites for hydroxylation is 1. The fourth-order valence-corrected chi connectivity index (χ4v) is 13.4. The van der Waals surface area contributed by atoms with Gasteiger partial charge in [-0.15, -0.1) is 45.1 Å². The number of thiazole rings is 1. The molecule has 366 valence electrons. The van der Waals surface area contributed by atoms with Crippen LogP contribution in [0, 0.1) is 6.92 Å². The van der Waals surface area contributed by atoms with Crippen molar-refractivity contribution in [1.29, 1.82) is 0 Å². The topological polar surface area (TPSA) is 174 Å². The van der Waals surface area contributed by atoms with Gasteiger partial charge in [0.2, 0.25) is 5.60 Å². The van der Waals surface area contributed by atoms with Gasteiger partial charge < -0.3 is 19.6 Å². The molecule has 2 aliphatic heterocycles. The highest BCUT2D eigenvalue weighted by atomic mass is 32.2. The summed E-state index contributed by atoms with van der Waals surface area (Å²) in [7, 11) is 0. The van der Waals surface area contributed by atoms with Crippen molar-refractivity contribution < 1.29 is 33.5 Å². The molecule has 72 heavy (non-hydrogen) atoms. The molecule has 0 saturated carbocycles. The summed E-state index contributed by atoms with van der Waals surface area (Å²) >= 11 is 6.85. The van der Waals surface area contributed by atoms with Crippen LogP contribution < -0.4 is 10.6 Å². The van der Waals surface area contributed by atoms with Gasteiger partial charge in [-0.25, -0.2) is 14.6 Å². The van der Waals surface area contributed by atoms with E-state index in [1.54, 1.807) is 26.2 Å². The number of aromatic nitrogens is 3. The van der Waals surface area contributed by atoms with E-state index in [-0.39, 0.29) is 22.2 Å². The second kappa shape index (κ2) is 22.3. The lowest BCUT2D eigenvalue weighted by atomic mass is 9.80. The molecule has 0 aliphatic carbocycles. The van der Waals surface area contributed by atoms with Crippen LogP contribution in [0.3, 0.4) is 0 Å². The molecule has 2 atom stereocenters. The minimum absolute atomic E-state index is 0.0606. The third kappa shape index (κ3) is 11.3. The Bertz CT molecular complexity index is 2960. The fraction of sp³-hybridized carbons (Fsp3) is 0.208. The van der Waals surface area contributed by atoms with E-state index in [0.717, 1.165) is 48.5 Å². The number of nitrogens with one attached hydrogen (secondary N) is 2. The molecule has 1 saturated heterocycles. The molecule has 0 spiro atoms. The summed E-state index contributed by atoms with van der Waals surface area (Å²) in [4.78, 5) is 70.7. The number of anilines is 1. The van der Waals surface area contributed by atoms with Gasteiger partial charge in [0.15, 0.2) is 21.3 Å². The van der Waals surface area contributed by atoms with E-state index in [2.05, 4.69) is 31.0 Å². The standard InChI is InChI=1S/C53H47N7O7S5/c1-33-57-58-51(72-33)71-32-70-40-31-68-47-42(46(62)60(47)43(40)48(63)65-44(34-20-10-5-11-21-34)35-22-12-6-13-23-35)55-45(61)41(39-30-69-49(54-39)56-50(64)66-52(2,3)4)59-67-53(36-24-14-7-15-25-36,37-26-16-8-17-27-37)38-28-18-9-19-29-38/h5-30,42,44,47H,31-32H2,1-4H3,(H,55,61)(H,54,56,64)/b59-41-/t42?,47-/m1/s1. The van der Waals surface area contributed by atoms with Gasteiger partial charge >= 0.3 is 12.1 Å². The van der Waals surface area contributed by atoms with Gasteiger partial charge in [0, 0.05) is 32.7 Å². The highest BCUT2D eigenvalue weighted by molar-refractivity contribution is 8.18. The van der Waals surface area contributed by atoms with Crippen molar-refractivity contribution in [3.05, 3.63) is 206 Å². The van der Waals surface area contributed by atoms with Crippen LogP contribution in [0.1, 0.15) is 65.4 Å². The number of fused-ring (bicyclic) bond motifs is 1. The first-order valence-corrected chi connectivity index (χ1v) is 27.3. The number of amides is 3. The van der Waals surface area contributed by atoms with Crippen molar-refractivity contribution in [2.45, 2.75) is 60.8 Å². The van der Waals surface area contributed by atoms with Crippen LogP contribution in [-0.4, -0.2) is 77.5 Å². The summed E-state index contributed by atoms with van der Waals surface area (Å²) in [6.45, 7) is 7.12. The number of hydrogen-bond acceptors (Lipinski definition) is 16. The van der Waals surface area contributed by atoms with Gasteiger partial charge in [-0.1, -0.05) is 180 Å². The summed E-state index contributed by atoms with van der Waals surface area (Å²) in [5, 5.41) is 20.9. The fourth-order valence-electron chi connectivity index (χ4n) is 7.96. The summed E-state index contributed by atoms with van der Waals surface area (Å²) in [5.74, 6) is -1.64. The zero-order valence-electron chi connectivity index (χ0n) is 39.3. The molecule has 7 aromatic rings. The predicted octanol–water partition coefficient (Wildman–Crippen LogP) is 10.8. The number of carbonyl (C=O) groups is 4. The van der Waals surface area contributed by atoms with Gasteiger partial charge in [0.25, 0.3) is 11.8 Å². The Morgan fingerprint density at radius 3 is 1.88 bits per heavy atom. The summed E-state index contributed by atoms with van der Waals surface area (Å²) < 4.78 is 12.6. The first-order valence-electron chi connectivity index (χ1n) is 22.6. The van der Waals surface area contributed by atoms with Gasteiger partial charge in [0.1, 0.15) is 33.4 Å². The second-order valence-electron chi connectivity index (χ2n) is 17.2. The predicted molar refractivity (Wildman–Crippen MR) is 285 cm³/mol. The molecule has 5 aromatic carbocycles. The normalized spacial score (nSPS) is 15.9. The van der Waals surface area contributed by atoms with Crippen molar-refractivity contribution in [2.24, 2.45) is 5.16 Å². The van der Waals surface area contributed by atoms with E-state index in [1.807, 2.05) is 159 Å². The number of oxime groups is 1. The van der Waals surface area contributed by atoms with E-state index in [1.165, 1.54) is 51.5 Å². The van der Waals surface area contributed by atoms with Crippen LogP contribution in [-0.2, 0) is 34.3 Å². The first-order chi connectivity index (χ1) is 34.9. The number of esters is 1. The number of hydrogen-bond donors (Lipinski definition) is 2. The summed E-state index contributed by atoms with van der Waals surface area (Å²) in [6, 6.07) is 46.3. The van der Waals surface area contributed by atoms with E-state index in [0.29, 0.717) is 15.7 Å². The van der Waals surface area contributed by atoms with Crippen LogP contribution in [0.5, 0.6) is 0 Å². The monoisotopic (exact) mass is 1050 g/mol. The lowest BCUT2D eigenvalue weighted by Crippen LogP contribution is -2.71. The summed E-state index contributed by atoms with van der Waals surface area (Å²) in [6.07, 6.45) is -1.51. The van der Waals surface area contributed by atoms with Gasteiger partial charge in [0.05, 0.1) is 5.08 Å². The molecule has 19 heteroatoms. The smallest absolute Gasteiger partial charge is 0.413 e. The molecule has 1 unspecified atom stereocenters. The number of β-lactam (4-membered cyclic amide) rings is 1. The number of nitrogens with zero attached hydrogens (tertiary/aromatic N) is 5. The molecular weight excluding hydrogens is 1010 g/mol. The third-order valence-corrected chi connectivity index (χ3v) is 16.6. The Hall–Kier alpha value is -6.77. The average Bonchev–Trinajstić information content (AvgIpc) is 4.04. The Labute approximate surface area is 437 Å². The number of benzene rings is 5. The Morgan fingerprint density at radius 2 is 1.35 bits per heavy atom. The maximum atomic E-state index is 15.0. The third-order valence-electron chi connectivity index (χ3n) is 11.2. The van der Waals surface area contributed by atoms with E-state index in [4.69, 9.17) is 14.3 Å². The maximum absolute atomic E-state index is 15.0. The molecule has 3 amide bonds. The quantitative estimate of drug-likeness (QED) is 0.0168. The summed E-state index contributed by atoms with van der Waals surface area (Å²) in [5.41, 5.74) is 1.41. The van der Waals surface area contributed by atoms with Crippen molar-refractivity contribution in [1.82, 2.24) is 25.4 Å². The lowest BCUT2D eigenvalue weighted by Gasteiger charge is -2.49. The van der Waals surface area contributed by atoms with Crippen molar-refractivity contribution >= 4 is 92.7 Å². The second-order valence-corrected chi connectivity index (χ2v) is 23.0. The molecule has 0 radical (unpaired) electrons. The molecular formula is C53H47N7O7S5. The molecule has 1 fully saturated rings. The van der Waals surface area contributed by atoms with Crippen molar-refractivity contribution in [2.75, 3.05) is 16.2 Å². The van der Waals surface area contributed by atoms with Crippen LogP contribution in [0.4, 0.5) is 9.93 Å². The average molecular weight is 1050 g/mol. The lowest BCUT2D eigenvalue weighted by molar-refractivity contribution is -0.154. The Balaban J connectivity index is 1.05. The first kappa shape index (κ1) is 50.2. The Morgan fingerprint density at radius 1 is 0.792 bits per heavy atom. The maximum Gasteiger partial charge on any atom is 0.413 e. The molecule has 9 rings (SSSR count). The zero-order chi connectivity index (χ0) is 50.2. The highest BCUT2D eigenvalue weighted by Gasteiger charge is 2.55. The number of rotatable bonds is 17. The number of thioether (sulfide) groups is 3. The Kier molecular flexibility index (Phi) is 15.6. The molecule has 2 aromatic heterocycles. The van der Waals surface area contributed by atoms with Crippen LogP contribution >= 0.6 is 58.0 Å². The number of ether oxygens (including phenoxy) is 2. The van der Waals surface area contributed by atoms with Crippen LogP contribution in [0.2, 0.25) is 0 Å². The van der Waals surface area contributed by atoms with E-state index < -0.39 is 52.6 Å². The molecule has 2 aliphatic rings. The largest absolute Gasteiger partial charge is 0.448 e. The van der Waals surface area contributed by atoms with Gasteiger partial charge in [-0.05, 0) is 38.8 Å². The molecule has 14 nitrogen and oxygen atoms in total. The van der Waals surface area contributed by atoms with E-state index >= 15 is 0 Å².